The van der Waals surface area contributed by atoms with Crippen LogP contribution in [-0.4, -0.2) is 53.2 Å². The number of carbonyl (C=O) groups excluding carboxylic acids is 1. The number of hydrogen-bond donors (Lipinski definition) is 4. The van der Waals surface area contributed by atoms with Gasteiger partial charge in [0.25, 0.3) is 5.91 Å². The van der Waals surface area contributed by atoms with Gasteiger partial charge in [-0.25, -0.2) is 0 Å². The summed E-state index contributed by atoms with van der Waals surface area (Å²) in [6.45, 7) is 7.96. The Morgan fingerprint density at radius 2 is 1.83 bits per heavy atom. The maximum atomic E-state index is 13.1. The van der Waals surface area contributed by atoms with Gasteiger partial charge in [0.1, 0.15) is 0 Å². The fourth-order valence-corrected chi connectivity index (χ4v) is 3.76. The summed E-state index contributed by atoms with van der Waals surface area (Å²) in [6.07, 6.45) is 1.75. The molecule has 29 heavy (non-hydrogen) atoms. The van der Waals surface area contributed by atoms with Crippen molar-refractivity contribution in [2.75, 3.05) is 47.9 Å². The van der Waals surface area contributed by atoms with Crippen LogP contribution in [0.15, 0.2) is 36.5 Å². The molecular formula is C21H27N7O. The number of piperazine rings is 1. The van der Waals surface area contributed by atoms with Crippen LogP contribution in [0.1, 0.15) is 24.2 Å². The number of H-pyrrole nitrogens is 1. The van der Waals surface area contributed by atoms with Gasteiger partial charge in [-0.3, -0.25) is 14.8 Å². The molecule has 0 aliphatic carbocycles. The van der Waals surface area contributed by atoms with Crippen molar-refractivity contribution < 1.29 is 4.79 Å². The van der Waals surface area contributed by atoms with E-state index in [0.717, 1.165) is 42.8 Å². The maximum absolute atomic E-state index is 13.1. The normalized spacial score (nSPS) is 15.2. The molecule has 2 aromatic carbocycles. The van der Waals surface area contributed by atoms with Gasteiger partial charge in [0.2, 0.25) is 0 Å². The Morgan fingerprint density at radius 3 is 2.55 bits per heavy atom. The summed E-state index contributed by atoms with van der Waals surface area (Å²) in [5.41, 5.74) is 15.9. The largest absolute Gasteiger partial charge is 0.397 e. The number of benzene rings is 2. The molecule has 6 N–H and O–H groups in total. The lowest BCUT2D eigenvalue weighted by molar-refractivity contribution is 0.102. The zero-order chi connectivity index (χ0) is 20.5. The second-order valence-electron chi connectivity index (χ2n) is 7.74. The van der Waals surface area contributed by atoms with E-state index < -0.39 is 0 Å². The van der Waals surface area contributed by atoms with Crippen LogP contribution in [-0.2, 0) is 0 Å². The molecule has 8 heteroatoms. The van der Waals surface area contributed by atoms with Gasteiger partial charge in [0, 0.05) is 43.3 Å². The molecule has 0 atom stereocenters. The Kier molecular flexibility index (Phi) is 5.02. The van der Waals surface area contributed by atoms with Crippen LogP contribution in [0.5, 0.6) is 0 Å². The Labute approximate surface area is 169 Å². The maximum Gasteiger partial charge on any atom is 0.257 e. The molecule has 0 spiro atoms. The van der Waals surface area contributed by atoms with E-state index in [1.807, 2.05) is 24.3 Å². The van der Waals surface area contributed by atoms with Gasteiger partial charge < -0.3 is 21.7 Å². The molecule has 1 saturated heterocycles. The van der Waals surface area contributed by atoms with Gasteiger partial charge in [-0.2, -0.15) is 5.10 Å². The predicted octanol–water partition coefficient (Wildman–Crippen LogP) is 2.51. The van der Waals surface area contributed by atoms with Crippen molar-refractivity contribution >= 4 is 39.6 Å². The highest BCUT2D eigenvalue weighted by Crippen LogP contribution is 2.30. The van der Waals surface area contributed by atoms with Gasteiger partial charge in [0.05, 0.1) is 34.3 Å². The number of anilines is 4. The van der Waals surface area contributed by atoms with Gasteiger partial charge in [-0.15, -0.1) is 0 Å². The molecule has 3 aromatic rings. The number of amides is 1. The number of nitrogens with zero attached hydrogens (tertiary/aromatic N) is 3. The molecular weight excluding hydrogens is 366 g/mol. The first-order valence-corrected chi connectivity index (χ1v) is 9.85. The number of carbonyl (C=O) groups is 1. The van der Waals surface area contributed by atoms with Crippen LogP contribution in [0.3, 0.4) is 0 Å². The lowest BCUT2D eigenvalue weighted by atomic mass is 10.1. The molecule has 1 amide bonds. The number of aromatic amines is 1. The van der Waals surface area contributed by atoms with E-state index >= 15 is 0 Å². The number of nitrogens with one attached hydrogen (secondary N) is 2. The second kappa shape index (κ2) is 7.63. The first kappa shape index (κ1) is 19.1. The predicted molar refractivity (Wildman–Crippen MR) is 118 cm³/mol. The summed E-state index contributed by atoms with van der Waals surface area (Å²) in [6, 6.07) is 9.63. The molecule has 4 rings (SSSR count). The summed E-state index contributed by atoms with van der Waals surface area (Å²) < 4.78 is 0. The monoisotopic (exact) mass is 393 g/mol. The molecule has 0 radical (unpaired) electrons. The highest BCUT2D eigenvalue weighted by Gasteiger charge is 2.24. The van der Waals surface area contributed by atoms with E-state index in [2.05, 4.69) is 39.2 Å². The number of nitrogens with two attached hydrogens (primary N) is 2. The van der Waals surface area contributed by atoms with E-state index in [9.17, 15) is 4.79 Å². The Morgan fingerprint density at radius 1 is 1.10 bits per heavy atom. The van der Waals surface area contributed by atoms with Gasteiger partial charge in [-0.05, 0) is 44.2 Å². The Bertz CT molecular complexity index is 1030. The fourth-order valence-electron chi connectivity index (χ4n) is 3.76. The van der Waals surface area contributed by atoms with E-state index in [4.69, 9.17) is 11.5 Å². The van der Waals surface area contributed by atoms with Gasteiger partial charge >= 0.3 is 0 Å². The van der Waals surface area contributed by atoms with Crippen molar-refractivity contribution in [3.8, 4) is 0 Å². The van der Waals surface area contributed by atoms with Gasteiger partial charge in [0.15, 0.2) is 0 Å². The number of nitrogen functional groups attached to an aromatic ring is 2. The van der Waals surface area contributed by atoms with Gasteiger partial charge in [-0.1, -0.05) is 0 Å². The third kappa shape index (κ3) is 3.84. The average molecular weight is 393 g/mol. The number of rotatable bonds is 4. The smallest absolute Gasteiger partial charge is 0.257 e. The minimum atomic E-state index is -0.211. The van der Waals surface area contributed by atoms with E-state index in [1.54, 1.807) is 12.3 Å². The quantitative estimate of drug-likeness (QED) is 0.506. The summed E-state index contributed by atoms with van der Waals surface area (Å²) in [5, 5.41) is 10.9. The van der Waals surface area contributed by atoms with Crippen molar-refractivity contribution in [1.29, 1.82) is 0 Å². The zero-order valence-corrected chi connectivity index (χ0v) is 16.8. The summed E-state index contributed by atoms with van der Waals surface area (Å²) in [7, 11) is 0. The molecule has 0 saturated carbocycles. The van der Waals surface area contributed by atoms with Crippen LogP contribution in [0.2, 0.25) is 0 Å². The van der Waals surface area contributed by atoms with Crippen molar-refractivity contribution in [2.24, 2.45) is 0 Å². The molecule has 1 fully saturated rings. The zero-order valence-electron chi connectivity index (χ0n) is 16.8. The fraction of sp³-hybridized carbons (Fsp3) is 0.333. The summed E-state index contributed by atoms with van der Waals surface area (Å²) in [5.74, 6) is -0.211. The van der Waals surface area contributed by atoms with Crippen molar-refractivity contribution in [3.63, 3.8) is 0 Å². The van der Waals surface area contributed by atoms with Crippen LogP contribution < -0.4 is 21.7 Å². The minimum Gasteiger partial charge on any atom is -0.397 e. The second-order valence-corrected chi connectivity index (χ2v) is 7.74. The molecule has 0 bridgehead atoms. The third-order valence-corrected chi connectivity index (χ3v) is 5.53. The first-order chi connectivity index (χ1) is 13.9. The third-order valence-electron chi connectivity index (χ3n) is 5.53. The average Bonchev–Trinajstić information content (AvgIpc) is 3.17. The Balaban J connectivity index is 1.60. The van der Waals surface area contributed by atoms with E-state index in [-0.39, 0.29) is 5.91 Å². The Hall–Kier alpha value is -3.26. The highest BCUT2D eigenvalue weighted by atomic mass is 16.1. The van der Waals surface area contributed by atoms with Crippen molar-refractivity contribution in [1.82, 2.24) is 15.1 Å². The lowest BCUT2D eigenvalue weighted by Gasteiger charge is -2.38. The molecule has 2 heterocycles. The van der Waals surface area contributed by atoms with E-state index in [0.29, 0.717) is 28.7 Å². The number of aromatic nitrogens is 2. The van der Waals surface area contributed by atoms with Crippen molar-refractivity contribution in [3.05, 3.63) is 42.1 Å². The minimum absolute atomic E-state index is 0.211. The molecule has 8 nitrogen and oxygen atoms in total. The van der Waals surface area contributed by atoms with E-state index in [1.165, 1.54) is 0 Å². The summed E-state index contributed by atoms with van der Waals surface area (Å²) in [4.78, 5) is 17.8. The molecule has 1 aromatic heterocycles. The first-order valence-electron chi connectivity index (χ1n) is 9.85. The van der Waals surface area contributed by atoms with Crippen LogP contribution in [0, 0.1) is 0 Å². The van der Waals surface area contributed by atoms with Crippen molar-refractivity contribution in [2.45, 2.75) is 19.9 Å². The number of hydrogen-bond acceptors (Lipinski definition) is 6. The molecule has 1 aliphatic heterocycles. The SMILES string of the molecule is CC(C)N1CCN(c2cc(N)c(N)cc2C(=O)Nc2ccc3cn[nH]c3c2)CC1. The standard InChI is InChI=1S/C21H27N7O/c1-13(2)27-5-7-28(8-6-27)20-11-18(23)17(22)10-16(20)21(29)25-15-4-3-14-12-24-26-19(14)9-15/h3-4,9-13H,5-8,22-23H2,1-2H3,(H,24,26)(H,25,29). The highest BCUT2D eigenvalue weighted by molar-refractivity contribution is 6.10. The topological polar surface area (TPSA) is 116 Å². The summed E-state index contributed by atoms with van der Waals surface area (Å²) >= 11 is 0. The number of fused-ring (bicyclic) bond motifs is 1. The molecule has 152 valence electrons. The molecule has 1 aliphatic rings. The van der Waals surface area contributed by atoms with Crippen LogP contribution >= 0.6 is 0 Å². The lowest BCUT2D eigenvalue weighted by Crippen LogP contribution is -2.49. The van der Waals surface area contributed by atoms with Crippen LogP contribution in [0.4, 0.5) is 22.7 Å². The molecule has 0 unspecified atom stereocenters. The van der Waals surface area contributed by atoms with Crippen LogP contribution in [0.25, 0.3) is 10.9 Å².